The molecule has 0 spiro atoms. The second kappa shape index (κ2) is 10.6. The van der Waals surface area contributed by atoms with Crippen LogP contribution in [-0.4, -0.2) is 47.0 Å². The molecule has 37 heavy (non-hydrogen) atoms. The monoisotopic (exact) mass is 506 g/mol. The Kier molecular flexibility index (Phi) is 7.11. The highest BCUT2D eigenvalue weighted by molar-refractivity contribution is 6.09. The van der Waals surface area contributed by atoms with Gasteiger partial charge >= 0.3 is 5.69 Å². The van der Waals surface area contributed by atoms with E-state index in [0.717, 1.165) is 25.7 Å². The van der Waals surface area contributed by atoms with Gasteiger partial charge in [-0.3, -0.25) is 33.4 Å². The van der Waals surface area contributed by atoms with E-state index in [4.69, 9.17) is 4.52 Å². The maximum atomic E-state index is 13.4. The average Bonchev–Trinajstić information content (AvgIpc) is 3.35. The number of nitrogens with zero attached hydrogens (tertiary/aromatic N) is 6. The quantitative estimate of drug-likeness (QED) is 0.302. The zero-order chi connectivity index (χ0) is 25.9. The molecular formula is C26H30N6O5. The minimum absolute atomic E-state index is 0.0973. The minimum Gasteiger partial charge on any atom is -0.332 e. The summed E-state index contributed by atoms with van der Waals surface area (Å²) in [5.74, 6) is -0.00162. The molecule has 1 saturated carbocycles. The number of amides is 2. The Labute approximate surface area is 213 Å². The lowest BCUT2D eigenvalue weighted by Gasteiger charge is -2.39. The molecule has 3 aromatic heterocycles. The van der Waals surface area contributed by atoms with Gasteiger partial charge in [0, 0.05) is 31.7 Å². The van der Waals surface area contributed by atoms with Gasteiger partial charge in [-0.25, -0.2) is 4.79 Å². The van der Waals surface area contributed by atoms with Crippen molar-refractivity contribution < 1.29 is 14.1 Å². The second-order valence-corrected chi connectivity index (χ2v) is 9.59. The fraction of sp³-hybridized carbons (Fsp3) is 0.500. The first-order valence-corrected chi connectivity index (χ1v) is 13.0. The number of unbranched alkanes of at least 4 members (excludes halogenated alkanes) is 2. The molecule has 0 saturated heterocycles. The smallest absolute Gasteiger partial charge is 0.331 e. The van der Waals surface area contributed by atoms with Crippen molar-refractivity contribution in [2.45, 2.75) is 83.8 Å². The molecular weight excluding hydrogens is 476 g/mol. The van der Waals surface area contributed by atoms with Gasteiger partial charge in [0.15, 0.2) is 5.82 Å². The summed E-state index contributed by atoms with van der Waals surface area (Å²) in [4.78, 5) is 62.7. The lowest BCUT2D eigenvalue weighted by molar-refractivity contribution is -0.131. The highest BCUT2D eigenvalue weighted by Crippen LogP contribution is 2.29. The van der Waals surface area contributed by atoms with Gasteiger partial charge in [0.25, 0.3) is 17.4 Å². The van der Waals surface area contributed by atoms with Crippen molar-refractivity contribution in [2.75, 3.05) is 0 Å². The van der Waals surface area contributed by atoms with E-state index in [1.807, 2.05) is 13.0 Å². The molecule has 2 amide bonds. The molecule has 5 rings (SSSR count). The molecule has 1 aliphatic heterocycles. The van der Waals surface area contributed by atoms with Crippen LogP contribution < -0.4 is 11.2 Å². The highest BCUT2D eigenvalue weighted by Gasteiger charge is 2.41. The number of pyridine rings is 1. The average molecular weight is 507 g/mol. The third-order valence-corrected chi connectivity index (χ3v) is 7.10. The number of fused-ring (bicyclic) bond motifs is 1. The van der Waals surface area contributed by atoms with E-state index in [1.165, 1.54) is 14.0 Å². The lowest BCUT2D eigenvalue weighted by Crippen LogP contribution is -2.56. The number of aryl methyl sites for hydroxylation is 1. The minimum atomic E-state index is -0.542. The highest BCUT2D eigenvalue weighted by atomic mass is 16.5. The van der Waals surface area contributed by atoms with Gasteiger partial charge in [-0.05, 0) is 50.7 Å². The molecule has 0 aromatic carbocycles. The van der Waals surface area contributed by atoms with Crippen molar-refractivity contribution in [3.05, 3.63) is 62.3 Å². The standard InChI is InChI=1S/C26H30N6O5/c1-2-3-14-30-22-18(16-21(33)32(25(22)35)17-9-8-10-17)24(34)31(26(30)36)15-7-5-12-20-28-23(37-29-20)19-11-4-6-13-27-19/h4,6,11,13,17H,2-3,5,7-10,12,14-16H2,1H3. The van der Waals surface area contributed by atoms with E-state index in [9.17, 15) is 19.2 Å². The lowest BCUT2D eigenvalue weighted by atomic mass is 9.89. The van der Waals surface area contributed by atoms with Gasteiger partial charge in [-0.1, -0.05) is 24.6 Å². The Morgan fingerprint density at radius 2 is 1.84 bits per heavy atom. The Morgan fingerprint density at radius 1 is 1.03 bits per heavy atom. The fourth-order valence-corrected chi connectivity index (χ4v) is 4.86. The van der Waals surface area contributed by atoms with Crippen LogP contribution in [0.4, 0.5) is 0 Å². The first-order chi connectivity index (χ1) is 18.0. The topological polar surface area (TPSA) is 133 Å². The van der Waals surface area contributed by atoms with E-state index in [-0.39, 0.29) is 36.2 Å². The summed E-state index contributed by atoms with van der Waals surface area (Å²) in [6, 6.07) is 5.29. The summed E-state index contributed by atoms with van der Waals surface area (Å²) in [6.07, 6.45) is 7.16. The van der Waals surface area contributed by atoms with E-state index < -0.39 is 17.2 Å². The van der Waals surface area contributed by atoms with E-state index in [1.54, 1.807) is 18.3 Å². The summed E-state index contributed by atoms with van der Waals surface area (Å²) in [5.41, 5.74) is -0.209. The van der Waals surface area contributed by atoms with Gasteiger partial charge in [-0.15, -0.1) is 0 Å². The Morgan fingerprint density at radius 3 is 2.54 bits per heavy atom. The molecule has 11 heteroatoms. The number of carbonyl (C=O) groups is 2. The van der Waals surface area contributed by atoms with Crippen molar-refractivity contribution >= 4 is 11.8 Å². The molecule has 2 aliphatic rings. The normalized spacial score (nSPS) is 15.6. The van der Waals surface area contributed by atoms with Crippen LogP contribution in [0.2, 0.25) is 0 Å². The first-order valence-electron chi connectivity index (χ1n) is 13.0. The van der Waals surface area contributed by atoms with Gasteiger partial charge in [0.2, 0.25) is 5.91 Å². The van der Waals surface area contributed by atoms with Crippen molar-refractivity contribution in [2.24, 2.45) is 0 Å². The van der Waals surface area contributed by atoms with Crippen molar-refractivity contribution in [3.63, 3.8) is 0 Å². The summed E-state index contributed by atoms with van der Waals surface area (Å²) >= 11 is 0. The molecule has 194 valence electrons. The molecule has 4 heterocycles. The van der Waals surface area contributed by atoms with Crippen LogP contribution >= 0.6 is 0 Å². The number of carbonyl (C=O) groups excluding carboxylic acids is 2. The predicted octanol–water partition coefficient (Wildman–Crippen LogP) is 2.36. The van der Waals surface area contributed by atoms with Gasteiger partial charge < -0.3 is 4.52 Å². The summed E-state index contributed by atoms with van der Waals surface area (Å²) in [5, 5.41) is 3.99. The second-order valence-electron chi connectivity index (χ2n) is 9.59. The SMILES string of the molecule is CCCCn1c2c(c(=O)n(CCCCc3noc(-c4ccccn4)n3)c1=O)CC(=O)N(C1CCC1)C2=O. The molecule has 11 nitrogen and oxygen atoms in total. The molecule has 1 fully saturated rings. The maximum Gasteiger partial charge on any atom is 0.331 e. The van der Waals surface area contributed by atoms with Crippen molar-refractivity contribution in [1.82, 2.24) is 29.2 Å². The maximum absolute atomic E-state index is 13.4. The number of aromatic nitrogens is 5. The number of imide groups is 1. The summed E-state index contributed by atoms with van der Waals surface area (Å²) < 4.78 is 7.86. The zero-order valence-corrected chi connectivity index (χ0v) is 20.9. The van der Waals surface area contributed by atoms with E-state index in [0.29, 0.717) is 49.6 Å². The number of hydrogen-bond donors (Lipinski definition) is 0. The molecule has 0 bridgehead atoms. The van der Waals surface area contributed by atoms with E-state index in [2.05, 4.69) is 15.1 Å². The summed E-state index contributed by atoms with van der Waals surface area (Å²) in [6.45, 7) is 2.50. The molecule has 0 atom stereocenters. The summed E-state index contributed by atoms with van der Waals surface area (Å²) in [7, 11) is 0. The molecule has 0 radical (unpaired) electrons. The Bertz CT molecular complexity index is 1420. The van der Waals surface area contributed by atoms with Gasteiger partial charge in [0.05, 0.1) is 12.0 Å². The first kappa shape index (κ1) is 24.8. The van der Waals surface area contributed by atoms with Crippen LogP contribution in [0.3, 0.4) is 0 Å². The largest absolute Gasteiger partial charge is 0.332 e. The van der Waals surface area contributed by atoms with Crippen LogP contribution in [0.1, 0.15) is 73.7 Å². The van der Waals surface area contributed by atoms with Crippen LogP contribution in [0, 0.1) is 0 Å². The predicted molar refractivity (Wildman–Crippen MR) is 133 cm³/mol. The van der Waals surface area contributed by atoms with Gasteiger partial charge in [0.1, 0.15) is 11.4 Å². The van der Waals surface area contributed by atoms with Crippen LogP contribution in [0.15, 0.2) is 38.5 Å². The Hall–Kier alpha value is -3.89. The Balaban J connectivity index is 1.34. The molecule has 3 aromatic rings. The molecule has 0 N–H and O–H groups in total. The number of hydrogen-bond acceptors (Lipinski definition) is 8. The van der Waals surface area contributed by atoms with Crippen LogP contribution in [0.5, 0.6) is 0 Å². The van der Waals surface area contributed by atoms with E-state index >= 15 is 0 Å². The third-order valence-electron chi connectivity index (χ3n) is 7.10. The third kappa shape index (κ3) is 4.77. The van der Waals surface area contributed by atoms with Gasteiger partial charge in [-0.2, -0.15) is 4.98 Å². The van der Waals surface area contributed by atoms with Crippen LogP contribution in [-0.2, 0) is 30.7 Å². The van der Waals surface area contributed by atoms with Crippen molar-refractivity contribution in [1.29, 1.82) is 0 Å². The fourth-order valence-electron chi connectivity index (χ4n) is 4.86. The zero-order valence-electron chi connectivity index (χ0n) is 20.9. The number of rotatable bonds is 10. The van der Waals surface area contributed by atoms with Crippen molar-refractivity contribution in [3.8, 4) is 11.6 Å². The molecule has 0 unspecified atom stereocenters. The molecule has 1 aliphatic carbocycles. The van der Waals surface area contributed by atoms with Crippen LogP contribution in [0.25, 0.3) is 11.6 Å².